The standard InChI is InChI=1S/C30H44O8S/c1-19-7-9-22(10-8-19)39(34,35)37-18-25(32)38-24-17-28(4,15-16-31)27(33)21(3)30-13-11-20(2)29(24,5)26(30)23(36-6)12-14-30/h7-10,20-21,23-24,26,31H,11-18H2,1-6H3/t20-,21+,23-,24-,26?,28+,29+,30+/m1/s1. The number of hydrogen-bond acceptors (Lipinski definition) is 8. The van der Waals surface area contributed by atoms with Gasteiger partial charge in [-0.05, 0) is 68.9 Å². The monoisotopic (exact) mass is 564 g/mol. The first-order valence-electron chi connectivity index (χ1n) is 14.1. The molecule has 3 saturated carbocycles. The maximum atomic E-state index is 14.1. The average molecular weight is 565 g/mol. The van der Waals surface area contributed by atoms with E-state index in [4.69, 9.17) is 13.7 Å². The van der Waals surface area contributed by atoms with Gasteiger partial charge in [-0.3, -0.25) is 8.98 Å². The maximum absolute atomic E-state index is 14.1. The Bertz CT molecular complexity index is 1180. The predicted molar refractivity (Wildman–Crippen MR) is 145 cm³/mol. The van der Waals surface area contributed by atoms with Crippen LogP contribution in [0, 0.1) is 40.9 Å². The largest absolute Gasteiger partial charge is 0.460 e. The van der Waals surface area contributed by atoms with Crippen LogP contribution in [0.15, 0.2) is 29.2 Å². The number of esters is 1. The highest BCUT2D eigenvalue weighted by Crippen LogP contribution is 2.68. The van der Waals surface area contributed by atoms with E-state index < -0.39 is 39.6 Å². The molecule has 1 N–H and O–H groups in total. The van der Waals surface area contributed by atoms with E-state index in [1.54, 1.807) is 19.2 Å². The zero-order valence-electron chi connectivity index (χ0n) is 24.1. The zero-order valence-corrected chi connectivity index (χ0v) is 24.9. The lowest BCUT2D eigenvalue weighted by molar-refractivity contribution is -0.208. The van der Waals surface area contributed by atoms with Gasteiger partial charge in [0.2, 0.25) is 0 Å². The molecule has 1 aromatic carbocycles. The molecule has 0 spiro atoms. The predicted octanol–water partition coefficient (Wildman–Crippen LogP) is 4.46. The van der Waals surface area contributed by atoms with Gasteiger partial charge < -0.3 is 14.6 Å². The number of carbonyl (C=O) groups is 2. The molecule has 8 nitrogen and oxygen atoms in total. The summed E-state index contributed by atoms with van der Waals surface area (Å²) in [7, 11) is -2.44. The number of aliphatic hydroxyl groups is 1. The molecule has 3 fully saturated rings. The van der Waals surface area contributed by atoms with Crippen molar-refractivity contribution in [2.75, 3.05) is 20.3 Å². The molecule has 0 aromatic heterocycles. The summed E-state index contributed by atoms with van der Waals surface area (Å²) in [5.74, 6) is -0.758. The van der Waals surface area contributed by atoms with Crippen molar-refractivity contribution in [3.63, 3.8) is 0 Å². The molecular formula is C30H44O8S. The van der Waals surface area contributed by atoms with Crippen molar-refractivity contribution < 1.29 is 36.8 Å². The number of methoxy groups -OCH3 is 1. The summed E-state index contributed by atoms with van der Waals surface area (Å²) in [6.45, 7) is 9.15. The summed E-state index contributed by atoms with van der Waals surface area (Å²) in [5.41, 5.74) is -0.798. The van der Waals surface area contributed by atoms with Crippen LogP contribution in [0.3, 0.4) is 0 Å². The Labute approximate surface area is 232 Å². The third-order valence-corrected chi connectivity index (χ3v) is 12.0. The topological polar surface area (TPSA) is 116 Å². The molecule has 9 heteroatoms. The van der Waals surface area contributed by atoms with Gasteiger partial charge in [0.15, 0.2) is 6.61 Å². The molecule has 3 aliphatic carbocycles. The normalized spacial score (nSPS) is 38.5. The molecule has 0 radical (unpaired) electrons. The second-order valence-corrected chi connectivity index (χ2v) is 14.3. The highest BCUT2D eigenvalue weighted by molar-refractivity contribution is 7.86. The van der Waals surface area contributed by atoms with E-state index >= 15 is 0 Å². The molecule has 39 heavy (non-hydrogen) atoms. The van der Waals surface area contributed by atoms with Gasteiger partial charge in [-0.25, -0.2) is 4.79 Å². The van der Waals surface area contributed by atoms with E-state index in [-0.39, 0.29) is 59.4 Å². The van der Waals surface area contributed by atoms with Crippen molar-refractivity contribution in [2.24, 2.45) is 34.0 Å². The fourth-order valence-electron chi connectivity index (χ4n) is 8.23. The lowest BCUT2D eigenvalue weighted by Crippen LogP contribution is -2.63. The van der Waals surface area contributed by atoms with Gasteiger partial charge in [0.05, 0.1) is 11.0 Å². The van der Waals surface area contributed by atoms with Crippen LogP contribution >= 0.6 is 0 Å². The number of rotatable bonds is 8. The molecule has 0 amide bonds. The van der Waals surface area contributed by atoms with Crippen LogP contribution in [-0.4, -0.2) is 57.8 Å². The maximum Gasteiger partial charge on any atom is 0.333 e. The highest BCUT2D eigenvalue weighted by Gasteiger charge is 2.68. The lowest BCUT2D eigenvalue weighted by Gasteiger charge is -2.61. The first kappa shape index (κ1) is 30.2. The summed E-state index contributed by atoms with van der Waals surface area (Å²) in [6.07, 6.45) is 3.24. The summed E-state index contributed by atoms with van der Waals surface area (Å²) < 4.78 is 42.7. The van der Waals surface area contributed by atoms with Gasteiger partial charge in [0.25, 0.3) is 10.1 Å². The SMILES string of the molecule is CO[C@@H]1CC[C@]23CC[C@@H](C)[C@](C)(C12)[C@H](OC(=O)COS(=O)(=O)c1ccc(C)cc1)C[C@](C)(CCO)C(=O)[C@@H]3C. The lowest BCUT2D eigenvalue weighted by atomic mass is 9.43. The first-order valence-corrected chi connectivity index (χ1v) is 15.5. The molecule has 8 atom stereocenters. The summed E-state index contributed by atoms with van der Waals surface area (Å²) in [4.78, 5) is 27.3. The van der Waals surface area contributed by atoms with Crippen LogP contribution in [0.25, 0.3) is 0 Å². The molecule has 4 rings (SSSR count). The van der Waals surface area contributed by atoms with Gasteiger partial charge in [-0.2, -0.15) is 8.42 Å². The first-order chi connectivity index (χ1) is 18.2. The third kappa shape index (κ3) is 5.09. The Hall–Kier alpha value is -1.81. The number of Topliss-reactive ketones (excluding diaryl/α,β-unsaturated/α-hetero) is 1. The van der Waals surface area contributed by atoms with Crippen molar-refractivity contribution in [2.45, 2.75) is 90.2 Å². The number of aryl methyl sites for hydroxylation is 1. The summed E-state index contributed by atoms with van der Waals surface area (Å²) >= 11 is 0. The Kier molecular flexibility index (Phi) is 8.41. The van der Waals surface area contributed by atoms with E-state index in [2.05, 4.69) is 13.8 Å². The van der Waals surface area contributed by atoms with E-state index in [1.807, 2.05) is 20.8 Å². The number of carbonyl (C=O) groups excluding carboxylic acids is 2. The van der Waals surface area contributed by atoms with Crippen LogP contribution in [0.2, 0.25) is 0 Å². The van der Waals surface area contributed by atoms with Crippen molar-refractivity contribution in [3.8, 4) is 0 Å². The summed E-state index contributed by atoms with van der Waals surface area (Å²) in [5, 5.41) is 9.94. The van der Waals surface area contributed by atoms with Gasteiger partial charge in [0, 0.05) is 36.4 Å². The molecule has 2 bridgehead atoms. The quantitative estimate of drug-likeness (QED) is 0.364. The van der Waals surface area contributed by atoms with Crippen molar-refractivity contribution in [1.82, 2.24) is 0 Å². The molecule has 0 heterocycles. The number of ether oxygens (including phenoxy) is 2. The Morgan fingerprint density at radius 1 is 1.10 bits per heavy atom. The van der Waals surface area contributed by atoms with Crippen LogP contribution in [0.4, 0.5) is 0 Å². The van der Waals surface area contributed by atoms with E-state index in [0.717, 1.165) is 31.2 Å². The minimum absolute atomic E-state index is 0.00798. The van der Waals surface area contributed by atoms with Crippen LogP contribution in [0.1, 0.15) is 71.8 Å². The molecule has 0 aliphatic heterocycles. The van der Waals surface area contributed by atoms with E-state index in [9.17, 15) is 23.1 Å². The smallest absolute Gasteiger partial charge is 0.333 e. The minimum Gasteiger partial charge on any atom is -0.460 e. The van der Waals surface area contributed by atoms with Gasteiger partial charge >= 0.3 is 5.97 Å². The minimum atomic E-state index is -4.15. The number of benzene rings is 1. The molecule has 3 aliphatic rings. The zero-order chi connectivity index (χ0) is 28.8. The Morgan fingerprint density at radius 2 is 1.74 bits per heavy atom. The van der Waals surface area contributed by atoms with Crippen molar-refractivity contribution >= 4 is 21.9 Å². The second kappa shape index (κ2) is 10.9. The van der Waals surface area contributed by atoms with Crippen LogP contribution < -0.4 is 0 Å². The highest BCUT2D eigenvalue weighted by atomic mass is 32.2. The fraction of sp³-hybridized carbons (Fsp3) is 0.733. The van der Waals surface area contributed by atoms with Crippen LogP contribution in [0.5, 0.6) is 0 Å². The molecule has 1 unspecified atom stereocenters. The Morgan fingerprint density at radius 3 is 2.36 bits per heavy atom. The molecule has 1 aromatic rings. The van der Waals surface area contributed by atoms with E-state index in [1.165, 1.54) is 12.1 Å². The summed E-state index contributed by atoms with van der Waals surface area (Å²) in [6, 6.07) is 6.20. The number of hydrogen-bond donors (Lipinski definition) is 1. The van der Waals surface area contributed by atoms with Crippen molar-refractivity contribution in [1.29, 1.82) is 0 Å². The Balaban J connectivity index is 1.68. The molecular weight excluding hydrogens is 520 g/mol. The average Bonchev–Trinajstić information content (AvgIpc) is 3.29. The van der Waals surface area contributed by atoms with Gasteiger partial charge in [-0.15, -0.1) is 0 Å². The van der Waals surface area contributed by atoms with Crippen LogP contribution in [-0.2, 0) is 33.4 Å². The van der Waals surface area contributed by atoms with Crippen molar-refractivity contribution in [3.05, 3.63) is 29.8 Å². The molecule has 218 valence electrons. The number of aliphatic hydroxyl groups excluding tert-OH is 1. The fourth-order valence-corrected chi connectivity index (χ4v) is 9.08. The molecule has 0 saturated heterocycles. The van der Waals surface area contributed by atoms with Gasteiger partial charge in [-0.1, -0.05) is 45.4 Å². The van der Waals surface area contributed by atoms with E-state index in [0.29, 0.717) is 0 Å². The second-order valence-electron chi connectivity index (χ2n) is 12.7. The van der Waals surface area contributed by atoms with Gasteiger partial charge in [0.1, 0.15) is 11.9 Å². The number of ketones is 1. The third-order valence-electron chi connectivity index (χ3n) is 10.7.